The number of carbonyl (C=O) groups is 1. The van der Waals surface area contributed by atoms with Gasteiger partial charge in [-0.15, -0.1) is 0 Å². The highest BCUT2D eigenvalue weighted by Crippen LogP contribution is 2.33. The van der Waals surface area contributed by atoms with E-state index in [0.29, 0.717) is 5.02 Å². The lowest BCUT2D eigenvalue weighted by Gasteiger charge is -2.39. The molecule has 0 saturated carbocycles. The predicted octanol–water partition coefficient (Wildman–Crippen LogP) is 3.77. The van der Waals surface area contributed by atoms with Crippen molar-refractivity contribution in [1.29, 1.82) is 0 Å². The largest absolute Gasteiger partial charge is 0.478 e. The van der Waals surface area contributed by atoms with Crippen LogP contribution in [0.15, 0.2) is 24.3 Å². The highest BCUT2D eigenvalue weighted by Gasteiger charge is 2.27. The van der Waals surface area contributed by atoms with Gasteiger partial charge >= 0.3 is 5.97 Å². The topological polar surface area (TPSA) is 40.5 Å². The maximum absolute atomic E-state index is 10.5. The molecule has 1 heterocycles. The third kappa shape index (κ3) is 3.93. The Kier molecular flexibility index (Phi) is 4.66. The van der Waals surface area contributed by atoms with E-state index in [1.807, 2.05) is 30.0 Å². The Labute approximate surface area is 128 Å². The highest BCUT2D eigenvalue weighted by molar-refractivity contribution is 8.00. The molecule has 0 bridgehead atoms. The second-order valence-corrected chi connectivity index (χ2v) is 7.62. The fraction of sp³-hybridized carbons (Fsp3) is 0.400. The van der Waals surface area contributed by atoms with E-state index in [2.05, 4.69) is 18.7 Å². The van der Waals surface area contributed by atoms with Gasteiger partial charge < -0.3 is 10.0 Å². The van der Waals surface area contributed by atoms with Crippen LogP contribution in [0.4, 0.5) is 5.69 Å². The molecular weight excluding hydrogens is 294 g/mol. The van der Waals surface area contributed by atoms with E-state index < -0.39 is 5.97 Å². The number of hydrogen-bond donors (Lipinski definition) is 1. The number of nitrogens with zero attached hydrogens (tertiary/aromatic N) is 1. The van der Waals surface area contributed by atoms with Gasteiger partial charge in [0.05, 0.1) is 0 Å². The molecule has 3 nitrogen and oxygen atoms in total. The van der Waals surface area contributed by atoms with E-state index in [0.717, 1.165) is 36.2 Å². The van der Waals surface area contributed by atoms with E-state index in [1.165, 1.54) is 6.08 Å². The van der Waals surface area contributed by atoms with Gasteiger partial charge in [0, 0.05) is 40.4 Å². The molecule has 5 heteroatoms. The normalized spacial score (nSPS) is 18.4. The van der Waals surface area contributed by atoms with Crippen LogP contribution < -0.4 is 4.90 Å². The lowest BCUT2D eigenvalue weighted by molar-refractivity contribution is -0.131. The van der Waals surface area contributed by atoms with E-state index in [1.54, 1.807) is 0 Å². The summed E-state index contributed by atoms with van der Waals surface area (Å²) in [6, 6.07) is 5.78. The highest BCUT2D eigenvalue weighted by atomic mass is 35.5. The summed E-state index contributed by atoms with van der Waals surface area (Å²) in [6.07, 6.45) is 2.62. The zero-order valence-corrected chi connectivity index (χ0v) is 13.2. The van der Waals surface area contributed by atoms with Crippen LogP contribution in [-0.2, 0) is 4.79 Å². The van der Waals surface area contributed by atoms with Gasteiger partial charge in [-0.25, -0.2) is 4.79 Å². The molecule has 0 spiro atoms. The van der Waals surface area contributed by atoms with Crippen LogP contribution in [0.3, 0.4) is 0 Å². The molecule has 1 aliphatic rings. The number of halogens is 1. The number of rotatable bonds is 3. The molecule has 0 radical (unpaired) electrons. The van der Waals surface area contributed by atoms with Crippen LogP contribution in [0.1, 0.15) is 19.4 Å². The molecule has 108 valence electrons. The summed E-state index contributed by atoms with van der Waals surface area (Å²) in [6.45, 7) is 6.48. The first-order valence-corrected chi connectivity index (χ1v) is 7.83. The van der Waals surface area contributed by atoms with E-state index in [4.69, 9.17) is 16.7 Å². The molecule has 0 amide bonds. The fourth-order valence-corrected chi connectivity index (χ4v) is 3.59. The summed E-state index contributed by atoms with van der Waals surface area (Å²) >= 11 is 8.21. The first-order valence-electron chi connectivity index (χ1n) is 6.47. The second-order valence-electron chi connectivity index (χ2n) is 5.41. The number of aliphatic carboxylic acids is 1. The summed E-state index contributed by atoms with van der Waals surface area (Å²) < 4.78 is 0.243. The predicted molar refractivity (Wildman–Crippen MR) is 86.9 cm³/mol. The van der Waals surface area contributed by atoms with E-state index in [-0.39, 0.29) is 4.75 Å². The molecule has 1 aromatic carbocycles. The SMILES string of the molecule is CC1(C)CN(c2ccc(/C=C/C(=O)O)c(Cl)c2)CCS1. The van der Waals surface area contributed by atoms with Gasteiger partial charge in [0.25, 0.3) is 0 Å². The Balaban J connectivity index is 2.18. The van der Waals surface area contributed by atoms with Crippen LogP contribution >= 0.6 is 23.4 Å². The van der Waals surface area contributed by atoms with Crippen LogP contribution in [0.25, 0.3) is 6.08 Å². The van der Waals surface area contributed by atoms with Gasteiger partial charge in [-0.1, -0.05) is 17.7 Å². The maximum atomic E-state index is 10.5. The average Bonchev–Trinajstić information content (AvgIpc) is 2.36. The molecule has 1 N–H and O–H groups in total. The number of carboxylic acids is 1. The Bertz CT molecular complexity index is 543. The fourth-order valence-electron chi connectivity index (χ4n) is 2.25. The van der Waals surface area contributed by atoms with Crippen molar-refractivity contribution < 1.29 is 9.90 Å². The number of thioether (sulfide) groups is 1. The smallest absolute Gasteiger partial charge is 0.328 e. The van der Waals surface area contributed by atoms with E-state index >= 15 is 0 Å². The Hall–Kier alpha value is -1.13. The van der Waals surface area contributed by atoms with Crippen molar-refractivity contribution in [1.82, 2.24) is 0 Å². The third-order valence-corrected chi connectivity index (χ3v) is 4.80. The molecule has 0 atom stereocenters. The summed E-state index contributed by atoms with van der Waals surface area (Å²) in [4.78, 5) is 12.9. The van der Waals surface area contributed by atoms with Gasteiger partial charge in [0.1, 0.15) is 0 Å². The molecule has 1 aromatic rings. The van der Waals surface area contributed by atoms with Gasteiger partial charge in [-0.2, -0.15) is 11.8 Å². The molecule has 1 fully saturated rings. The van der Waals surface area contributed by atoms with Crippen LogP contribution in [0, 0.1) is 0 Å². The van der Waals surface area contributed by atoms with Crippen LogP contribution in [0.2, 0.25) is 5.02 Å². The number of benzene rings is 1. The molecule has 0 aromatic heterocycles. The molecule has 1 saturated heterocycles. The van der Waals surface area contributed by atoms with Crippen molar-refractivity contribution >= 4 is 41.1 Å². The molecular formula is C15H18ClNO2S. The maximum Gasteiger partial charge on any atom is 0.328 e. The zero-order valence-electron chi connectivity index (χ0n) is 11.6. The summed E-state index contributed by atoms with van der Waals surface area (Å²) in [7, 11) is 0. The first kappa shape index (κ1) is 15.3. The second kappa shape index (κ2) is 6.10. The standard InChI is InChI=1S/C15H18ClNO2S/c1-15(2)10-17(7-8-20-15)12-5-3-11(13(16)9-12)4-6-14(18)19/h3-6,9H,7-8,10H2,1-2H3,(H,18,19)/b6-4+. The Morgan fingerprint density at radius 1 is 1.50 bits per heavy atom. The van der Waals surface area contributed by atoms with Crippen molar-refractivity contribution in [2.75, 3.05) is 23.7 Å². The van der Waals surface area contributed by atoms with Gasteiger partial charge in [-0.3, -0.25) is 0 Å². The van der Waals surface area contributed by atoms with Gasteiger partial charge in [-0.05, 0) is 37.6 Å². The Morgan fingerprint density at radius 3 is 2.85 bits per heavy atom. The third-order valence-electron chi connectivity index (χ3n) is 3.18. The zero-order chi connectivity index (χ0) is 14.8. The molecule has 0 aliphatic carbocycles. The first-order chi connectivity index (χ1) is 9.37. The van der Waals surface area contributed by atoms with Crippen molar-refractivity contribution in [2.45, 2.75) is 18.6 Å². The van der Waals surface area contributed by atoms with Crippen molar-refractivity contribution in [3.05, 3.63) is 34.9 Å². The van der Waals surface area contributed by atoms with E-state index in [9.17, 15) is 4.79 Å². The van der Waals surface area contributed by atoms with Crippen molar-refractivity contribution in [2.24, 2.45) is 0 Å². The molecule has 1 aliphatic heterocycles. The minimum Gasteiger partial charge on any atom is -0.478 e. The monoisotopic (exact) mass is 311 g/mol. The van der Waals surface area contributed by atoms with Gasteiger partial charge in [0.15, 0.2) is 0 Å². The van der Waals surface area contributed by atoms with Crippen LogP contribution in [0.5, 0.6) is 0 Å². The summed E-state index contributed by atoms with van der Waals surface area (Å²) in [5.74, 6) is 0.130. The molecule has 2 rings (SSSR count). The van der Waals surface area contributed by atoms with Crippen LogP contribution in [-0.4, -0.2) is 34.7 Å². The lowest BCUT2D eigenvalue weighted by Crippen LogP contribution is -2.43. The number of hydrogen-bond acceptors (Lipinski definition) is 3. The van der Waals surface area contributed by atoms with Crippen molar-refractivity contribution in [3.8, 4) is 0 Å². The Morgan fingerprint density at radius 2 is 2.25 bits per heavy atom. The summed E-state index contributed by atoms with van der Waals surface area (Å²) in [5, 5.41) is 9.22. The molecule has 0 unspecified atom stereocenters. The lowest BCUT2D eigenvalue weighted by atomic mass is 10.1. The average molecular weight is 312 g/mol. The minimum atomic E-state index is -0.972. The quantitative estimate of drug-likeness (QED) is 0.863. The summed E-state index contributed by atoms with van der Waals surface area (Å²) in [5.41, 5.74) is 1.82. The number of carboxylic acid groups (broad SMARTS) is 1. The minimum absolute atomic E-state index is 0.243. The van der Waals surface area contributed by atoms with Gasteiger partial charge in [0.2, 0.25) is 0 Å². The number of anilines is 1. The van der Waals surface area contributed by atoms with Crippen molar-refractivity contribution in [3.63, 3.8) is 0 Å². The molecule has 20 heavy (non-hydrogen) atoms.